The van der Waals surface area contributed by atoms with Crippen molar-refractivity contribution in [1.82, 2.24) is 4.90 Å². The number of carbonyl (C=O) groups is 1. The first-order valence-corrected chi connectivity index (χ1v) is 7.73. The fourth-order valence-corrected chi connectivity index (χ4v) is 2.58. The van der Waals surface area contributed by atoms with Crippen molar-refractivity contribution in [3.63, 3.8) is 0 Å². The Balaban J connectivity index is 2.32. The van der Waals surface area contributed by atoms with Gasteiger partial charge in [0.2, 0.25) is 0 Å². The van der Waals surface area contributed by atoms with Crippen LogP contribution in [0.15, 0.2) is 0 Å². The van der Waals surface area contributed by atoms with Crippen LogP contribution in [0.4, 0.5) is 4.79 Å². The zero-order valence-corrected chi connectivity index (χ0v) is 12.1. The Morgan fingerprint density at radius 2 is 1.94 bits per heavy atom. The van der Waals surface area contributed by atoms with Gasteiger partial charge in [-0.1, -0.05) is 39.5 Å². The monoisotopic (exact) mass is 255 g/mol. The van der Waals surface area contributed by atoms with Gasteiger partial charge >= 0.3 is 6.09 Å². The average Bonchev–Trinajstić information content (AvgIpc) is 2.41. The Bertz CT molecular complexity index is 231. The van der Waals surface area contributed by atoms with Gasteiger partial charge in [0, 0.05) is 12.6 Å². The summed E-state index contributed by atoms with van der Waals surface area (Å²) in [5.74, 6) is 0. The highest BCUT2D eigenvalue weighted by Gasteiger charge is 2.26. The minimum atomic E-state index is -0.0769. The number of unbranched alkanes of at least 4 members (excludes halogenated alkanes) is 3. The summed E-state index contributed by atoms with van der Waals surface area (Å²) in [6.07, 6.45) is 10.3. The topological polar surface area (TPSA) is 29.5 Å². The summed E-state index contributed by atoms with van der Waals surface area (Å²) in [5.41, 5.74) is 0. The van der Waals surface area contributed by atoms with Crippen molar-refractivity contribution in [2.45, 2.75) is 77.7 Å². The molecule has 18 heavy (non-hydrogen) atoms. The van der Waals surface area contributed by atoms with Gasteiger partial charge in [0.05, 0.1) is 6.61 Å². The number of piperidine rings is 1. The fraction of sp³-hybridized carbons (Fsp3) is 0.933. The first-order chi connectivity index (χ1) is 8.79. The Hall–Kier alpha value is -0.730. The third-order valence-corrected chi connectivity index (χ3v) is 3.73. The zero-order chi connectivity index (χ0) is 13.2. The van der Waals surface area contributed by atoms with Crippen molar-refractivity contribution in [1.29, 1.82) is 0 Å². The minimum Gasteiger partial charge on any atom is -0.449 e. The Morgan fingerprint density at radius 3 is 2.67 bits per heavy atom. The van der Waals surface area contributed by atoms with Crippen LogP contribution < -0.4 is 0 Å². The number of hydrogen-bond acceptors (Lipinski definition) is 2. The highest BCUT2D eigenvalue weighted by atomic mass is 16.6. The van der Waals surface area contributed by atoms with Crippen molar-refractivity contribution in [2.75, 3.05) is 13.2 Å². The third kappa shape index (κ3) is 5.28. The molecule has 1 rings (SSSR count). The van der Waals surface area contributed by atoms with E-state index in [0.717, 1.165) is 38.6 Å². The van der Waals surface area contributed by atoms with Gasteiger partial charge in [-0.25, -0.2) is 4.79 Å². The molecule has 0 N–H and O–H groups in total. The molecule has 1 atom stereocenters. The molecular weight excluding hydrogens is 226 g/mol. The van der Waals surface area contributed by atoms with Gasteiger partial charge in [-0.3, -0.25) is 0 Å². The molecule has 1 fully saturated rings. The molecule has 0 saturated carbocycles. The van der Waals surface area contributed by atoms with Crippen LogP contribution in [-0.4, -0.2) is 30.2 Å². The maximum Gasteiger partial charge on any atom is 0.410 e. The Morgan fingerprint density at radius 1 is 1.17 bits per heavy atom. The maximum atomic E-state index is 12.0. The molecule has 0 aromatic carbocycles. The molecule has 0 spiro atoms. The minimum absolute atomic E-state index is 0.0769. The fourth-order valence-electron chi connectivity index (χ4n) is 2.58. The number of ether oxygens (including phenoxy) is 1. The largest absolute Gasteiger partial charge is 0.449 e. The Kier molecular flexibility index (Phi) is 7.86. The molecule has 0 bridgehead atoms. The number of rotatable bonds is 7. The second kappa shape index (κ2) is 9.23. The van der Waals surface area contributed by atoms with E-state index in [0.29, 0.717) is 12.6 Å². The standard InChI is InChI=1S/C15H29NO2/c1-3-5-9-13-18-15(17)16-12-8-7-11-14(16)10-6-4-2/h14H,3-13H2,1-2H3/t14-/m0/s1. The predicted molar refractivity (Wildman–Crippen MR) is 74.7 cm³/mol. The lowest BCUT2D eigenvalue weighted by atomic mass is 9.98. The number of hydrogen-bond donors (Lipinski definition) is 0. The van der Waals surface area contributed by atoms with Crippen LogP contribution in [-0.2, 0) is 4.74 Å². The molecule has 106 valence electrons. The van der Waals surface area contributed by atoms with Crippen LogP contribution in [0.25, 0.3) is 0 Å². The van der Waals surface area contributed by atoms with Crippen LogP contribution >= 0.6 is 0 Å². The average molecular weight is 255 g/mol. The van der Waals surface area contributed by atoms with E-state index in [1.165, 1.54) is 25.7 Å². The van der Waals surface area contributed by atoms with Crippen LogP contribution in [0.1, 0.15) is 71.6 Å². The second-order valence-electron chi connectivity index (χ2n) is 5.31. The lowest BCUT2D eigenvalue weighted by Crippen LogP contribution is -2.44. The van der Waals surface area contributed by atoms with Crippen molar-refractivity contribution < 1.29 is 9.53 Å². The highest BCUT2D eigenvalue weighted by molar-refractivity contribution is 5.68. The molecule has 0 aromatic rings. The molecule has 0 aromatic heterocycles. The van der Waals surface area contributed by atoms with E-state index in [9.17, 15) is 4.79 Å². The van der Waals surface area contributed by atoms with Crippen LogP contribution in [0.3, 0.4) is 0 Å². The number of likely N-dealkylation sites (tertiary alicyclic amines) is 1. The molecule has 1 heterocycles. The van der Waals surface area contributed by atoms with E-state index in [4.69, 9.17) is 4.74 Å². The first-order valence-electron chi connectivity index (χ1n) is 7.73. The molecule has 3 heteroatoms. The molecule has 1 saturated heterocycles. The summed E-state index contributed by atoms with van der Waals surface area (Å²) in [6.45, 7) is 5.84. The van der Waals surface area contributed by atoms with E-state index in [-0.39, 0.29) is 6.09 Å². The zero-order valence-electron chi connectivity index (χ0n) is 12.1. The highest BCUT2D eigenvalue weighted by Crippen LogP contribution is 2.22. The summed E-state index contributed by atoms with van der Waals surface area (Å²) in [5, 5.41) is 0. The molecule has 1 amide bonds. The summed E-state index contributed by atoms with van der Waals surface area (Å²) in [6, 6.07) is 0.428. The number of nitrogens with zero attached hydrogens (tertiary/aromatic N) is 1. The molecular formula is C15H29NO2. The quantitative estimate of drug-likeness (QED) is 0.633. The third-order valence-electron chi connectivity index (χ3n) is 3.73. The lowest BCUT2D eigenvalue weighted by Gasteiger charge is -2.35. The van der Waals surface area contributed by atoms with E-state index >= 15 is 0 Å². The molecule has 3 nitrogen and oxygen atoms in total. The van der Waals surface area contributed by atoms with Gasteiger partial charge in [-0.05, 0) is 32.1 Å². The van der Waals surface area contributed by atoms with Crippen molar-refractivity contribution in [2.24, 2.45) is 0 Å². The number of amides is 1. The number of carbonyl (C=O) groups excluding carboxylic acids is 1. The lowest BCUT2D eigenvalue weighted by molar-refractivity contribution is 0.0692. The molecule has 0 unspecified atom stereocenters. The summed E-state index contributed by atoms with van der Waals surface area (Å²) >= 11 is 0. The van der Waals surface area contributed by atoms with Crippen molar-refractivity contribution in [3.05, 3.63) is 0 Å². The van der Waals surface area contributed by atoms with Crippen molar-refractivity contribution >= 4 is 6.09 Å². The summed E-state index contributed by atoms with van der Waals surface area (Å²) < 4.78 is 5.38. The van der Waals surface area contributed by atoms with Crippen molar-refractivity contribution in [3.8, 4) is 0 Å². The molecule has 0 aliphatic carbocycles. The van der Waals surface area contributed by atoms with E-state index < -0.39 is 0 Å². The van der Waals surface area contributed by atoms with Gasteiger partial charge in [0.1, 0.15) is 0 Å². The van der Waals surface area contributed by atoms with Crippen LogP contribution in [0.2, 0.25) is 0 Å². The summed E-state index contributed by atoms with van der Waals surface area (Å²) in [7, 11) is 0. The van der Waals surface area contributed by atoms with Gasteiger partial charge in [-0.2, -0.15) is 0 Å². The van der Waals surface area contributed by atoms with E-state index in [2.05, 4.69) is 13.8 Å². The second-order valence-corrected chi connectivity index (χ2v) is 5.31. The van der Waals surface area contributed by atoms with Gasteiger partial charge in [-0.15, -0.1) is 0 Å². The Labute approximate surface area is 112 Å². The van der Waals surface area contributed by atoms with E-state index in [1.807, 2.05) is 4.90 Å². The summed E-state index contributed by atoms with van der Waals surface area (Å²) in [4.78, 5) is 14.0. The molecule has 1 aliphatic heterocycles. The van der Waals surface area contributed by atoms with Gasteiger partial charge in [0.25, 0.3) is 0 Å². The maximum absolute atomic E-state index is 12.0. The SMILES string of the molecule is CCCCCOC(=O)N1CCCC[C@@H]1CCCC. The first kappa shape index (κ1) is 15.3. The van der Waals surface area contributed by atoms with Gasteiger partial charge < -0.3 is 9.64 Å². The predicted octanol–water partition coefficient (Wildman–Crippen LogP) is 4.36. The van der Waals surface area contributed by atoms with Crippen LogP contribution in [0, 0.1) is 0 Å². The smallest absolute Gasteiger partial charge is 0.410 e. The normalized spacial score (nSPS) is 19.9. The van der Waals surface area contributed by atoms with Gasteiger partial charge in [0.15, 0.2) is 0 Å². The molecule has 1 aliphatic rings. The molecule has 0 radical (unpaired) electrons. The van der Waals surface area contributed by atoms with E-state index in [1.54, 1.807) is 0 Å². The van der Waals surface area contributed by atoms with Crippen LogP contribution in [0.5, 0.6) is 0 Å².